The molecule has 1 N–H and O–H groups in total. The van der Waals surface area contributed by atoms with Crippen LogP contribution in [-0.4, -0.2) is 17.7 Å². The molecule has 1 aromatic carbocycles. The molecule has 1 aliphatic carbocycles. The van der Waals surface area contributed by atoms with Crippen molar-refractivity contribution in [1.82, 2.24) is 0 Å². The Hall–Kier alpha value is -1.65. The Labute approximate surface area is 142 Å². The summed E-state index contributed by atoms with van der Waals surface area (Å²) in [5.74, 6) is -3.09. The van der Waals surface area contributed by atoms with E-state index >= 15 is 0 Å². The average molecular weight is 340 g/mol. The van der Waals surface area contributed by atoms with Gasteiger partial charge in [0.05, 0.1) is 12.5 Å². The van der Waals surface area contributed by atoms with Gasteiger partial charge in [-0.05, 0) is 49.7 Å². The molecule has 0 unspecified atom stereocenters. The molecule has 0 bridgehead atoms. The Bertz CT molecular complexity index is 552. The van der Waals surface area contributed by atoms with E-state index in [-0.39, 0.29) is 17.6 Å². The van der Waals surface area contributed by atoms with Crippen molar-refractivity contribution in [2.24, 2.45) is 5.92 Å². The predicted octanol–water partition coefficient (Wildman–Crippen LogP) is 5.28. The maximum absolute atomic E-state index is 14.4. The highest BCUT2D eigenvalue weighted by Crippen LogP contribution is 2.38. The van der Waals surface area contributed by atoms with Gasteiger partial charge < -0.3 is 9.84 Å². The first-order valence-corrected chi connectivity index (χ1v) is 8.88. The molecular formula is C19H26F2O3. The van der Waals surface area contributed by atoms with E-state index in [4.69, 9.17) is 9.84 Å². The summed E-state index contributed by atoms with van der Waals surface area (Å²) in [6.07, 6.45) is 6.24. The SMILES string of the molecule is CCCCCCOc1ccc(C2CCC(C(=O)O)CC2)c(F)c1F. The van der Waals surface area contributed by atoms with Crippen molar-refractivity contribution in [3.8, 4) is 5.75 Å². The summed E-state index contributed by atoms with van der Waals surface area (Å²) >= 11 is 0. The molecule has 0 saturated heterocycles. The molecule has 0 heterocycles. The molecule has 5 heteroatoms. The minimum Gasteiger partial charge on any atom is -0.490 e. The van der Waals surface area contributed by atoms with Gasteiger partial charge in [-0.1, -0.05) is 32.3 Å². The van der Waals surface area contributed by atoms with Crippen LogP contribution in [0.4, 0.5) is 8.78 Å². The Kier molecular flexibility index (Phi) is 7.00. The van der Waals surface area contributed by atoms with Crippen molar-refractivity contribution in [3.63, 3.8) is 0 Å². The number of ether oxygens (including phenoxy) is 1. The zero-order valence-corrected chi connectivity index (χ0v) is 14.2. The highest BCUT2D eigenvalue weighted by Gasteiger charge is 2.29. The summed E-state index contributed by atoms with van der Waals surface area (Å²) in [6, 6.07) is 3.09. The summed E-state index contributed by atoms with van der Waals surface area (Å²) in [5.41, 5.74) is 0.342. The van der Waals surface area contributed by atoms with E-state index in [1.807, 2.05) is 0 Å². The van der Waals surface area contributed by atoms with Gasteiger partial charge in [0.25, 0.3) is 0 Å². The lowest BCUT2D eigenvalue weighted by atomic mass is 9.78. The Morgan fingerprint density at radius 1 is 1.12 bits per heavy atom. The third-order valence-corrected chi connectivity index (χ3v) is 4.85. The number of hydrogen-bond donors (Lipinski definition) is 1. The van der Waals surface area contributed by atoms with Gasteiger partial charge in [-0.2, -0.15) is 4.39 Å². The largest absolute Gasteiger partial charge is 0.490 e. The molecule has 0 atom stereocenters. The number of aliphatic carboxylic acids is 1. The third kappa shape index (κ3) is 4.68. The van der Waals surface area contributed by atoms with Crippen LogP contribution in [0.3, 0.4) is 0 Å². The van der Waals surface area contributed by atoms with E-state index in [9.17, 15) is 13.6 Å². The summed E-state index contributed by atoms with van der Waals surface area (Å²) in [7, 11) is 0. The maximum Gasteiger partial charge on any atom is 0.306 e. The van der Waals surface area contributed by atoms with Crippen LogP contribution in [0.1, 0.15) is 69.8 Å². The molecule has 0 amide bonds. The van der Waals surface area contributed by atoms with Crippen LogP contribution in [0.25, 0.3) is 0 Å². The lowest BCUT2D eigenvalue weighted by Gasteiger charge is -2.26. The smallest absolute Gasteiger partial charge is 0.306 e. The number of unbranched alkanes of at least 4 members (excludes halogenated alkanes) is 3. The summed E-state index contributed by atoms with van der Waals surface area (Å²) in [5, 5.41) is 9.02. The number of halogens is 2. The Balaban J connectivity index is 1.96. The molecule has 1 saturated carbocycles. The molecule has 0 aromatic heterocycles. The van der Waals surface area contributed by atoms with E-state index < -0.39 is 17.6 Å². The molecule has 24 heavy (non-hydrogen) atoms. The number of hydrogen-bond acceptors (Lipinski definition) is 2. The predicted molar refractivity (Wildman–Crippen MR) is 88.3 cm³/mol. The molecule has 134 valence electrons. The van der Waals surface area contributed by atoms with E-state index in [0.717, 1.165) is 25.7 Å². The van der Waals surface area contributed by atoms with Gasteiger partial charge in [0, 0.05) is 0 Å². The molecule has 0 aliphatic heterocycles. The topological polar surface area (TPSA) is 46.5 Å². The summed E-state index contributed by atoms with van der Waals surface area (Å²) < 4.78 is 33.9. The normalized spacial score (nSPS) is 20.8. The second-order valence-corrected chi connectivity index (χ2v) is 6.58. The highest BCUT2D eigenvalue weighted by atomic mass is 19.2. The second kappa shape index (κ2) is 9.00. The molecule has 3 nitrogen and oxygen atoms in total. The van der Waals surface area contributed by atoms with Gasteiger partial charge in [-0.15, -0.1) is 0 Å². The molecule has 1 fully saturated rings. The van der Waals surface area contributed by atoms with Crippen molar-refractivity contribution >= 4 is 5.97 Å². The van der Waals surface area contributed by atoms with Crippen LogP contribution >= 0.6 is 0 Å². The zero-order valence-electron chi connectivity index (χ0n) is 14.2. The minimum atomic E-state index is -0.927. The van der Waals surface area contributed by atoms with Gasteiger partial charge in [0.1, 0.15) is 0 Å². The van der Waals surface area contributed by atoms with Crippen LogP contribution in [0, 0.1) is 17.6 Å². The lowest BCUT2D eigenvalue weighted by Crippen LogP contribution is -2.21. The van der Waals surface area contributed by atoms with E-state index in [1.165, 1.54) is 6.07 Å². The first-order valence-electron chi connectivity index (χ1n) is 8.88. The fourth-order valence-electron chi connectivity index (χ4n) is 3.34. The lowest BCUT2D eigenvalue weighted by molar-refractivity contribution is -0.142. The first kappa shape index (κ1) is 18.7. The van der Waals surface area contributed by atoms with Crippen molar-refractivity contribution in [3.05, 3.63) is 29.3 Å². The van der Waals surface area contributed by atoms with Crippen LogP contribution in [0.2, 0.25) is 0 Å². The highest BCUT2D eigenvalue weighted by molar-refractivity contribution is 5.70. The maximum atomic E-state index is 14.4. The van der Waals surface area contributed by atoms with Gasteiger partial charge in [0.2, 0.25) is 5.82 Å². The minimum absolute atomic E-state index is 0.0352. The molecule has 1 aromatic rings. The standard InChI is InChI=1S/C19H26F2O3/c1-2-3-4-5-12-24-16-11-10-15(17(20)18(16)21)13-6-8-14(9-7-13)19(22)23/h10-11,13-14H,2-9,12H2,1H3,(H,22,23). The molecule has 1 aliphatic rings. The number of carboxylic acid groups (broad SMARTS) is 1. The van der Waals surface area contributed by atoms with Crippen LogP contribution < -0.4 is 4.74 Å². The molecule has 0 radical (unpaired) electrons. The van der Waals surface area contributed by atoms with Crippen LogP contribution in [0.5, 0.6) is 5.75 Å². The van der Waals surface area contributed by atoms with Crippen LogP contribution in [-0.2, 0) is 4.79 Å². The monoisotopic (exact) mass is 340 g/mol. The fourth-order valence-corrected chi connectivity index (χ4v) is 3.34. The third-order valence-electron chi connectivity index (χ3n) is 4.85. The van der Waals surface area contributed by atoms with Crippen molar-refractivity contribution in [2.45, 2.75) is 64.2 Å². The number of carboxylic acids is 1. The zero-order chi connectivity index (χ0) is 17.5. The quantitative estimate of drug-likeness (QED) is 0.655. The molecular weight excluding hydrogens is 314 g/mol. The van der Waals surface area contributed by atoms with Gasteiger partial charge >= 0.3 is 5.97 Å². The second-order valence-electron chi connectivity index (χ2n) is 6.58. The fraction of sp³-hybridized carbons (Fsp3) is 0.632. The van der Waals surface area contributed by atoms with Crippen molar-refractivity contribution in [2.75, 3.05) is 6.61 Å². The van der Waals surface area contributed by atoms with E-state index in [0.29, 0.717) is 37.9 Å². The molecule has 0 spiro atoms. The van der Waals surface area contributed by atoms with E-state index in [1.54, 1.807) is 6.07 Å². The number of carbonyl (C=O) groups is 1. The first-order chi connectivity index (χ1) is 11.5. The summed E-state index contributed by atoms with van der Waals surface area (Å²) in [6.45, 7) is 2.50. The number of rotatable bonds is 8. The average Bonchev–Trinajstić information content (AvgIpc) is 2.58. The van der Waals surface area contributed by atoms with Gasteiger partial charge in [-0.25, -0.2) is 4.39 Å². The van der Waals surface area contributed by atoms with Crippen molar-refractivity contribution in [1.29, 1.82) is 0 Å². The van der Waals surface area contributed by atoms with Gasteiger partial charge in [0.15, 0.2) is 11.6 Å². The Morgan fingerprint density at radius 2 is 1.83 bits per heavy atom. The molecule has 2 rings (SSSR count). The van der Waals surface area contributed by atoms with Crippen LogP contribution in [0.15, 0.2) is 12.1 Å². The Morgan fingerprint density at radius 3 is 2.46 bits per heavy atom. The number of benzene rings is 1. The van der Waals surface area contributed by atoms with Gasteiger partial charge in [-0.3, -0.25) is 4.79 Å². The summed E-state index contributed by atoms with van der Waals surface area (Å²) in [4.78, 5) is 11.0. The van der Waals surface area contributed by atoms with E-state index in [2.05, 4.69) is 6.92 Å². The van der Waals surface area contributed by atoms with Crippen molar-refractivity contribution < 1.29 is 23.4 Å².